The molecule has 0 saturated heterocycles. The third-order valence-corrected chi connectivity index (χ3v) is 4.80. The van der Waals surface area contributed by atoms with Crippen LogP contribution in [0.5, 0.6) is 0 Å². The number of ether oxygens (including phenoxy) is 2. The van der Waals surface area contributed by atoms with Gasteiger partial charge in [0.15, 0.2) is 6.61 Å². The van der Waals surface area contributed by atoms with Gasteiger partial charge in [0.25, 0.3) is 5.91 Å². The van der Waals surface area contributed by atoms with Crippen molar-refractivity contribution in [3.8, 4) is 0 Å². The number of nitrogens with one attached hydrogen (secondary N) is 1. The summed E-state index contributed by atoms with van der Waals surface area (Å²) in [4.78, 5) is 36.8. The summed E-state index contributed by atoms with van der Waals surface area (Å²) in [6, 6.07) is 5.13. The molecular formula is C18H17ClFNO5S. The first-order valence-electron chi connectivity index (χ1n) is 8.07. The van der Waals surface area contributed by atoms with Crippen LogP contribution in [-0.4, -0.2) is 31.1 Å². The lowest BCUT2D eigenvalue weighted by Crippen LogP contribution is -2.22. The van der Waals surface area contributed by atoms with Crippen LogP contribution in [0.3, 0.4) is 0 Å². The van der Waals surface area contributed by atoms with Gasteiger partial charge >= 0.3 is 11.9 Å². The Bertz CT molecular complexity index is 867. The number of carbonyl (C=O) groups is 3. The van der Waals surface area contributed by atoms with Crippen LogP contribution in [0.15, 0.2) is 24.3 Å². The Kier molecular flexibility index (Phi) is 7.32. The zero-order chi connectivity index (χ0) is 20.0. The Hall–Kier alpha value is -2.45. The van der Waals surface area contributed by atoms with Crippen molar-refractivity contribution in [2.75, 3.05) is 18.5 Å². The molecular weight excluding hydrogens is 397 g/mol. The topological polar surface area (TPSA) is 81.7 Å². The molecule has 9 heteroatoms. The highest BCUT2D eigenvalue weighted by atomic mass is 35.5. The van der Waals surface area contributed by atoms with Crippen molar-refractivity contribution in [2.24, 2.45) is 0 Å². The van der Waals surface area contributed by atoms with E-state index in [0.717, 1.165) is 10.9 Å². The first-order chi connectivity index (χ1) is 12.8. The number of amides is 1. The summed E-state index contributed by atoms with van der Waals surface area (Å²) in [5.41, 5.74) is -0.0917. The SMILES string of the molecule is CCOC(=O)c1cc(CC)sc1NC(=O)COC(=O)c1ccc(Cl)cc1F. The molecule has 0 atom stereocenters. The average Bonchev–Trinajstić information content (AvgIpc) is 3.03. The molecule has 0 aliphatic heterocycles. The van der Waals surface area contributed by atoms with Crippen molar-refractivity contribution in [1.29, 1.82) is 0 Å². The van der Waals surface area contributed by atoms with Gasteiger partial charge in [-0.15, -0.1) is 11.3 Å². The van der Waals surface area contributed by atoms with Gasteiger partial charge in [-0.05, 0) is 37.6 Å². The van der Waals surface area contributed by atoms with E-state index < -0.39 is 30.3 Å². The van der Waals surface area contributed by atoms with Crippen LogP contribution < -0.4 is 5.32 Å². The molecule has 0 radical (unpaired) electrons. The van der Waals surface area contributed by atoms with E-state index in [-0.39, 0.29) is 22.8 Å². The lowest BCUT2D eigenvalue weighted by molar-refractivity contribution is -0.119. The van der Waals surface area contributed by atoms with Gasteiger partial charge in [0.1, 0.15) is 10.8 Å². The molecule has 1 heterocycles. The predicted molar refractivity (Wildman–Crippen MR) is 100.0 cm³/mol. The van der Waals surface area contributed by atoms with Crippen molar-refractivity contribution < 1.29 is 28.2 Å². The molecule has 27 heavy (non-hydrogen) atoms. The number of anilines is 1. The van der Waals surface area contributed by atoms with Crippen LogP contribution in [0, 0.1) is 5.82 Å². The monoisotopic (exact) mass is 413 g/mol. The van der Waals surface area contributed by atoms with Crippen LogP contribution in [0.2, 0.25) is 5.02 Å². The number of carbonyl (C=O) groups excluding carboxylic acids is 3. The van der Waals surface area contributed by atoms with Crippen LogP contribution in [0.25, 0.3) is 0 Å². The van der Waals surface area contributed by atoms with E-state index in [1.165, 1.54) is 23.5 Å². The van der Waals surface area contributed by atoms with Crippen molar-refractivity contribution in [2.45, 2.75) is 20.3 Å². The van der Waals surface area contributed by atoms with Gasteiger partial charge in [0, 0.05) is 9.90 Å². The number of halogens is 2. The summed E-state index contributed by atoms with van der Waals surface area (Å²) < 4.78 is 23.5. The molecule has 1 N–H and O–H groups in total. The van der Waals surface area contributed by atoms with Gasteiger partial charge in [-0.25, -0.2) is 14.0 Å². The van der Waals surface area contributed by atoms with Gasteiger partial charge in [0.2, 0.25) is 0 Å². The zero-order valence-electron chi connectivity index (χ0n) is 14.6. The second-order valence-corrected chi connectivity index (χ2v) is 6.85. The summed E-state index contributed by atoms with van der Waals surface area (Å²) in [7, 11) is 0. The maximum atomic E-state index is 13.7. The summed E-state index contributed by atoms with van der Waals surface area (Å²) in [5, 5.41) is 2.97. The smallest absolute Gasteiger partial charge is 0.341 e. The predicted octanol–water partition coefficient (Wildman–Crippen LogP) is 4.08. The molecule has 2 aromatic rings. The van der Waals surface area contributed by atoms with E-state index in [4.69, 9.17) is 21.1 Å². The number of aryl methyl sites for hydroxylation is 1. The van der Waals surface area contributed by atoms with Crippen LogP contribution in [0.4, 0.5) is 9.39 Å². The van der Waals surface area contributed by atoms with E-state index >= 15 is 0 Å². The fourth-order valence-electron chi connectivity index (χ4n) is 2.10. The Morgan fingerprint density at radius 1 is 1.11 bits per heavy atom. The van der Waals surface area contributed by atoms with Crippen LogP contribution in [0.1, 0.15) is 39.4 Å². The third kappa shape index (κ3) is 5.51. The number of thiophene rings is 1. The summed E-state index contributed by atoms with van der Waals surface area (Å²) in [6.07, 6.45) is 0.678. The highest BCUT2D eigenvalue weighted by Gasteiger charge is 2.20. The largest absolute Gasteiger partial charge is 0.462 e. The van der Waals surface area contributed by atoms with Crippen molar-refractivity contribution in [3.05, 3.63) is 51.1 Å². The lowest BCUT2D eigenvalue weighted by atomic mass is 10.2. The second-order valence-electron chi connectivity index (χ2n) is 5.28. The summed E-state index contributed by atoms with van der Waals surface area (Å²) in [6.45, 7) is 3.16. The Morgan fingerprint density at radius 2 is 1.81 bits per heavy atom. The minimum atomic E-state index is -0.995. The quantitative estimate of drug-likeness (QED) is 0.692. The van der Waals surface area contributed by atoms with Crippen molar-refractivity contribution in [3.63, 3.8) is 0 Å². The van der Waals surface area contributed by atoms with E-state index in [1.54, 1.807) is 13.0 Å². The van der Waals surface area contributed by atoms with Crippen LogP contribution in [-0.2, 0) is 20.7 Å². The molecule has 0 aliphatic carbocycles. The fraction of sp³-hybridized carbons (Fsp3) is 0.278. The van der Waals surface area contributed by atoms with Gasteiger partial charge in [-0.2, -0.15) is 0 Å². The Balaban J connectivity index is 2.02. The number of hydrogen-bond acceptors (Lipinski definition) is 6. The molecule has 0 unspecified atom stereocenters. The molecule has 1 amide bonds. The Morgan fingerprint density at radius 3 is 2.44 bits per heavy atom. The van der Waals surface area contributed by atoms with E-state index in [9.17, 15) is 18.8 Å². The Labute approximate surface area is 164 Å². The van der Waals surface area contributed by atoms with Crippen molar-refractivity contribution >= 4 is 45.8 Å². The molecule has 0 bridgehead atoms. The van der Waals surface area contributed by atoms with Crippen LogP contribution >= 0.6 is 22.9 Å². The normalized spacial score (nSPS) is 10.4. The fourth-order valence-corrected chi connectivity index (χ4v) is 3.26. The minimum absolute atomic E-state index is 0.137. The molecule has 0 aliphatic rings. The highest BCUT2D eigenvalue weighted by Crippen LogP contribution is 2.29. The van der Waals surface area contributed by atoms with Crippen molar-refractivity contribution in [1.82, 2.24) is 0 Å². The molecule has 2 rings (SSSR count). The maximum absolute atomic E-state index is 13.7. The molecule has 1 aromatic heterocycles. The highest BCUT2D eigenvalue weighted by molar-refractivity contribution is 7.16. The van der Waals surface area contributed by atoms with E-state index in [1.807, 2.05) is 6.92 Å². The maximum Gasteiger partial charge on any atom is 0.341 e. The number of hydrogen-bond donors (Lipinski definition) is 1. The minimum Gasteiger partial charge on any atom is -0.462 e. The molecule has 0 spiro atoms. The number of rotatable bonds is 7. The second kappa shape index (κ2) is 9.48. The number of esters is 2. The average molecular weight is 414 g/mol. The van der Waals surface area contributed by atoms with Gasteiger partial charge in [-0.1, -0.05) is 18.5 Å². The molecule has 6 nitrogen and oxygen atoms in total. The first-order valence-corrected chi connectivity index (χ1v) is 9.27. The summed E-state index contributed by atoms with van der Waals surface area (Å²) in [5.74, 6) is -3.05. The molecule has 144 valence electrons. The summed E-state index contributed by atoms with van der Waals surface area (Å²) >= 11 is 6.85. The van der Waals surface area contributed by atoms with Gasteiger partial charge in [0.05, 0.1) is 17.7 Å². The number of benzene rings is 1. The zero-order valence-corrected chi connectivity index (χ0v) is 16.2. The molecule has 0 saturated carbocycles. The van der Waals surface area contributed by atoms with E-state index in [0.29, 0.717) is 11.4 Å². The molecule has 0 fully saturated rings. The van der Waals surface area contributed by atoms with E-state index in [2.05, 4.69) is 5.32 Å². The standard InChI is InChI=1S/C18H17ClFNO5S/c1-3-11-8-13(18(24)25-4-2)16(27-11)21-15(22)9-26-17(23)12-6-5-10(19)7-14(12)20/h5-8H,3-4,9H2,1-2H3,(H,21,22). The third-order valence-electron chi connectivity index (χ3n) is 3.37. The van der Waals surface area contributed by atoms with Gasteiger partial charge < -0.3 is 14.8 Å². The molecule has 1 aromatic carbocycles. The first kappa shape index (κ1) is 20.9. The lowest BCUT2D eigenvalue weighted by Gasteiger charge is -2.08. The van der Waals surface area contributed by atoms with Gasteiger partial charge in [-0.3, -0.25) is 4.79 Å².